The van der Waals surface area contributed by atoms with E-state index in [0.717, 1.165) is 6.07 Å². The summed E-state index contributed by atoms with van der Waals surface area (Å²) in [7, 11) is 0. The predicted molar refractivity (Wildman–Crippen MR) is 117 cm³/mol. The fraction of sp³-hybridized carbons (Fsp3) is 0.0500. The Kier molecular flexibility index (Phi) is 4.83. The number of amides is 1. The number of benzene rings is 1. The highest BCUT2D eigenvalue weighted by molar-refractivity contribution is 6.30. The van der Waals surface area contributed by atoms with E-state index in [1.165, 1.54) is 17.1 Å². The van der Waals surface area contributed by atoms with Gasteiger partial charge in [-0.15, -0.1) is 0 Å². The van der Waals surface area contributed by atoms with Gasteiger partial charge in [-0.1, -0.05) is 17.7 Å². The molecule has 0 unspecified atom stereocenters. The van der Waals surface area contributed by atoms with Crippen LogP contribution in [0.1, 0.15) is 16.2 Å². The smallest absolute Gasteiger partial charge is 0.395 e. The second kappa shape index (κ2) is 7.84. The minimum absolute atomic E-state index is 0.214. The molecular formula is C20H13ClN8O4. The van der Waals surface area contributed by atoms with Gasteiger partial charge in [-0.2, -0.15) is 14.9 Å². The fourth-order valence-electron chi connectivity index (χ4n) is 3.27. The van der Waals surface area contributed by atoms with E-state index in [1.807, 2.05) is 6.07 Å². The highest BCUT2D eigenvalue weighted by atomic mass is 35.5. The first-order valence-electron chi connectivity index (χ1n) is 9.48. The Morgan fingerprint density at radius 1 is 1.18 bits per heavy atom. The molecule has 4 aromatic heterocycles. The molecule has 13 heteroatoms. The Morgan fingerprint density at radius 3 is 2.79 bits per heavy atom. The van der Waals surface area contributed by atoms with E-state index < -0.39 is 16.7 Å². The summed E-state index contributed by atoms with van der Waals surface area (Å²) in [5.41, 5.74) is 1.82. The number of aryl methyl sites for hydroxylation is 1. The van der Waals surface area contributed by atoms with E-state index >= 15 is 0 Å². The van der Waals surface area contributed by atoms with E-state index in [2.05, 4.69) is 25.5 Å². The Bertz CT molecular complexity index is 1540. The molecule has 0 fully saturated rings. The van der Waals surface area contributed by atoms with Crippen molar-refractivity contribution in [2.45, 2.75) is 6.92 Å². The van der Waals surface area contributed by atoms with Crippen molar-refractivity contribution in [2.75, 3.05) is 5.32 Å². The summed E-state index contributed by atoms with van der Waals surface area (Å²) in [6.07, 6.45) is 2.95. The first-order chi connectivity index (χ1) is 15.9. The monoisotopic (exact) mass is 464 g/mol. The zero-order chi connectivity index (χ0) is 23.1. The molecule has 0 radical (unpaired) electrons. The lowest BCUT2D eigenvalue weighted by molar-refractivity contribution is -0.402. The Labute approximate surface area is 189 Å². The van der Waals surface area contributed by atoms with Crippen LogP contribution in [0.2, 0.25) is 5.02 Å². The van der Waals surface area contributed by atoms with Gasteiger partial charge < -0.3 is 9.73 Å². The highest BCUT2D eigenvalue weighted by Gasteiger charge is 2.21. The van der Waals surface area contributed by atoms with Gasteiger partial charge in [0.25, 0.3) is 5.91 Å². The van der Waals surface area contributed by atoms with Crippen LogP contribution < -0.4 is 5.32 Å². The molecule has 5 aromatic rings. The quantitative estimate of drug-likeness (QED) is 0.305. The number of furan rings is 1. The molecule has 33 heavy (non-hydrogen) atoms. The zero-order valence-electron chi connectivity index (χ0n) is 16.8. The van der Waals surface area contributed by atoms with Crippen LogP contribution in [0.5, 0.6) is 0 Å². The van der Waals surface area contributed by atoms with Gasteiger partial charge in [-0.3, -0.25) is 14.9 Å². The molecule has 0 saturated heterocycles. The molecule has 4 heterocycles. The number of aromatic nitrogens is 6. The number of carbonyl (C=O) groups is 1. The summed E-state index contributed by atoms with van der Waals surface area (Å²) < 4.78 is 8.02. The number of hydrogen-bond donors (Lipinski definition) is 1. The number of nitrogens with one attached hydrogen (secondary N) is 1. The SMILES string of the molecule is Cc1cc(NC(=O)c2ccc([N+](=O)[O-])o2)n(-c2ncnc3c2cnn3-c2cccc(Cl)c2)n1. The topological polar surface area (TPSA) is 147 Å². The fourth-order valence-corrected chi connectivity index (χ4v) is 3.46. The van der Waals surface area contributed by atoms with Crippen LogP contribution in [0.4, 0.5) is 11.7 Å². The van der Waals surface area contributed by atoms with Crippen molar-refractivity contribution in [1.29, 1.82) is 0 Å². The molecule has 1 aromatic carbocycles. The maximum atomic E-state index is 12.6. The average molecular weight is 465 g/mol. The standard InChI is InChI=1S/C20H13ClN8O4/c1-11-7-16(25-20(30)15-5-6-17(33-15)29(31)32)28(26-11)19-14-9-24-27(18(14)22-10-23-19)13-4-2-3-12(21)8-13/h2-10H,1H3,(H,25,30). The van der Waals surface area contributed by atoms with Crippen molar-refractivity contribution in [3.8, 4) is 11.5 Å². The van der Waals surface area contributed by atoms with Crippen LogP contribution >= 0.6 is 11.6 Å². The van der Waals surface area contributed by atoms with E-state index in [4.69, 9.17) is 16.0 Å². The maximum Gasteiger partial charge on any atom is 0.433 e. The zero-order valence-corrected chi connectivity index (χ0v) is 17.6. The van der Waals surface area contributed by atoms with E-state index in [0.29, 0.717) is 33.3 Å². The van der Waals surface area contributed by atoms with Gasteiger partial charge in [0.1, 0.15) is 17.1 Å². The molecule has 5 rings (SSSR count). The van der Waals surface area contributed by atoms with Crippen molar-refractivity contribution in [2.24, 2.45) is 0 Å². The van der Waals surface area contributed by atoms with E-state index in [9.17, 15) is 14.9 Å². The van der Waals surface area contributed by atoms with Crippen LogP contribution in [-0.2, 0) is 0 Å². The van der Waals surface area contributed by atoms with Crippen LogP contribution in [0.25, 0.3) is 22.5 Å². The third-order valence-corrected chi connectivity index (χ3v) is 4.90. The van der Waals surface area contributed by atoms with Gasteiger partial charge in [-0.25, -0.2) is 14.6 Å². The molecule has 0 saturated carbocycles. The van der Waals surface area contributed by atoms with E-state index in [1.54, 1.807) is 42.1 Å². The van der Waals surface area contributed by atoms with Crippen LogP contribution in [0.15, 0.2) is 59.4 Å². The van der Waals surface area contributed by atoms with Crippen LogP contribution in [-0.4, -0.2) is 40.4 Å². The first kappa shape index (κ1) is 20.3. The lowest BCUT2D eigenvalue weighted by Crippen LogP contribution is -2.15. The second-order valence-electron chi connectivity index (χ2n) is 6.90. The van der Waals surface area contributed by atoms with Gasteiger partial charge in [0.2, 0.25) is 0 Å². The summed E-state index contributed by atoms with van der Waals surface area (Å²) in [6, 6.07) is 11.1. The molecular weight excluding hydrogens is 452 g/mol. The van der Waals surface area contributed by atoms with Crippen molar-refractivity contribution in [3.63, 3.8) is 0 Å². The number of hydrogen-bond acceptors (Lipinski definition) is 8. The number of fused-ring (bicyclic) bond motifs is 1. The molecule has 1 amide bonds. The number of carbonyl (C=O) groups excluding carboxylic acids is 1. The maximum absolute atomic E-state index is 12.6. The third kappa shape index (κ3) is 3.68. The van der Waals surface area contributed by atoms with Crippen LogP contribution in [0, 0.1) is 17.0 Å². The van der Waals surface area contributed by atoms with E-state index in [-0.39, 0.29) is 11.6 Å². The predicted octanol–water partition coefficient (Wildman–Crippen LogP) is 3.72. The minimum Gasteiger partial charge on any atom is -0.395 e. The van der Waals surface area contributed by atoms with Gasteiger partial charge in [0.05, 0.1) is 29.0 Å². The first-order valence-corrected chi connectivity index (χ1v) is 9.86. The number of anilines is 1. The number of rotatable bonds is 5. The summed E-state index contributed by atoms with van der Waals surface area (Å²) in [6.45, 7) is 1.75. The van der Waals surface area contributed by atoms with Gasteiger partial charge >= 0.3 is 5.88 Å². The summed E-state index contributed by atoms with van der Waals surface area (Å²) in [4.78, 5) is 31.4. The lowest BCUT2D eigenvalue weighted by atomic mass is 10.3. The Morgan fingerprint density at radius 2 is 2.03 bits per heavy atom. The Hall–Kier alpha value is -4.58. The molecule has 12 nitrogen and oxygen atoms in total. The lowest BCUT2D eigenvalue weighted by Gasteiger charge is -2.08. The molecule has 0 bridgehead atoms. The number of nitro groups is 1. The number of nitrogens with zero attached hydrogens (tertiary/aromatic N) is 7. The number of halogens is 1. The minimum atomic E-state index is -0.722. The molecule has 0 atom stereocenters. The largest absolute Gasteiger partial charge is 0.433 e. The molecule has 1 N–H and O–H groups in total. The normalized spacial score (nSPS) is 11.1. The van der Waals surface area contributed by atoms with Crippen LogP contribution in [0.3, 0.4) is 0 Å². The van der Waals surface area contributed by atoms with Gasteiger partial charge in [-0.05, 0) is 31.2 Å². The highest BCUT2D eigenvalue weighted by Crippen LogP contribution is 2.25. The second-order valence-corrected chi connectivity index (χ2v) is 7.34. The average Bonchev–Trinajstić information content (AvgIpc) is 3.51. The van der Waals surface area contributed by atoms with Crippen molar-refractivity contribution >= 4 is 40.2 Å². The molecule has 0 aliphatic carbocycles. The van der Waals surface area contributed by atoms with Crippen molar-refractivity contribution in [3.05, 3.63) is 81.6 Å². The summed E-state index contributed by atoms with van der Waals surface area (Å²) >= 11 is 6.11. The van der Waals surface area contributed by atoms with Gasteiger partial charge in [0.15, 0.2) is 17.2 Å². The van der Waals surface area contributed by atoms with Crippen molar-refractivity contribution < 1.29 is 14.1 Å². The van der Waals surface area contributed by atoms with Crippen molar-refractivity contribution in [1.82, 2.24) is 29.5 Å². The summed E-state index contributed by atoms with van der Waals surface area (Å²) in [5.74, 6) is -0.761. The third-order valence-electron chi connectivity index (χ3n) is 4.67. The molecule has 0 aliphatic rings. The Balaban J connectivity index is 1.54. The van der Waals surface area contributed by atoms with Gasteiger partial charge in [0, 0.05) is 11.1 Å². The molecule has 0 aliphatic heterocycles. The molecule has 164 valence electrons. The molecule has 0 spiro atoms. The summed E-state index contributed by atoms with van der Waals surface area (Å²) in [5, 5.41) is 23.4.